The van der Waals surface area contributed by atoms with E-state index < -0.39 is 0 Å². The van der Waals surface area contributed by atoms with Gasteiger partial charge in [0, 0.05) is 44.4 Å². The second-order valence-corrected chi connectivity index (χ2v) is 5.69. The topological polar surface area (TPSA) is 71.5 Å². The van der Waals surface area contributed by atoms with Gasteiger partial charge in [0.25, 0.3) is 5.91 Å². The van der Waals surface area contributed by atoms with Gasteiger partial charge in [-0.25, -0.2) is 4.98 Å². The van der Waals surface area contributed by atoms with Crippen LogP contribution in [0.25, 0.3) is 0 Å². The average molecular weight is 311 g/mol. The van der Waals surface area contributed by atoms with Crippen molar-refractivity contribution in [3.05, 3.63) is 48.7 Å². The number of nitrogens with zero attached hydrogens (tertiary/aromatic N) is 5. The molecule has 0 radical (unpaired) electrons. The molecule has 4 heterocycles. The highest BCUT2D eigenvalue weighted by Gasteiger charge is 2.42. The number of hydrogen-bond acceptors (Lipinski definition) is 6. The summed E-state index contributed by atoms with van der Waals surface area (Å²) < 4.78 is 5.87. The number of pyridine rings is 1. The molecule has 2 aliphatic heterocycles. The van der Waals surface area contributed by atoms with Gasteiger partial charge in [0.15, 0.2) is 0 Å². The molecular weight excluding hydrogens is 294 g/mol. The van der Waals surface area contributed by atoms with Crippen LogP contribution in [0.5, 0.6) is 0 Å². The molecular formula is C16H17N5O2. The number of ether oxygens (including phenoxy) is 1. The maximum Gasteiger partial charge on any atom is 0.255 e. The number of likely N-dealkylation sites (tertiary alicyclic amines) is 1. The molecule has 2 aromatic heterocycles. The molecule has 0 unspecified atom stereocenters. The molecule has 0 spiro atoms. The second kappa shape index (κ2) is 5.92. The zero-order valence-corrected chi connectivity index (χ0v) is 12.6. The summed E-state index contributed by atoms with van der Waals surface area (Å²) in [7, 11) is 0. The second-order valence-electron chi connectivity index (χ2n) is 5.69. The summed E-state index contributed by atoms with van der Waals surface area (Å²) in [5, 5.41) is 0. The number of rotatable bonds is 2. The molecule has 0 bridgehead atoms. The molecule has 2 saturated heterocycles. The van der Waals surface area contributed by atoms with Crippen LogP contribution in [0.2, 0.25) is 0 Å². The lowest BCUT2D eigenvalue weighted by Gasteiger charge is -2.37. The van der Waals surface area contributed by atoms with E-state index >= 15 is 0 Å². The summed E-state index contributed by atoms with van der Waals surface area (Å²) in [6.07, 6.45) is 8.38. The first kappa shape index (κ1) is 14.1. The highest BCUT2D eigenvalue weighted by molar-refractivity contribution is 5.94. The molecule has 0 aliphatic carbocycles. The van der Waals surface area contributed by atoms with Gasteiger partial charge in [0.1, 0.15) is 5.82 Å². The lowest BCUT2D eigenvalue weighted by Crippen LogP contribution is -2.51. The largest absolute Gasteiger partial charge is 0.372 e. The van der Waals surface area contributed by atoms with Crippen LogP contribution in [0.3, 0.4) is 0 Å². The number of carbonyl (C=O) groups excluding carboxylic acids is 1. The minimum Gasteiger partial charge on any atom is -0.372 e. The molecule has 0 saturated carbocycles. The van der Waals surface area contributed by atoms with Crippen molar-refractivity contribution < 1.29 is 9.53 Å². The highest BCUT2D eigenvalue weighted by atomic mass is 16.5. The van der Waals surface area contributed by atoms with Crippen LogP contribution < -0.4 is 4.90 Å². The quantitative estimate of drug-likeness (QED) is 0.809. The van der Waals surface area contributed by atoms with E-state index in [1.165, 1.54) is 0 Å². The lowest BCUT2D eigenvalue weighted by atomic mass is 10.1. The van der Waals surface area contributed by atoms with Crippen LogP contribution in [0.15, 0.2) is 43.1 Å². The van der Waals surface area contributed by atoms with Gasteiger partial charge >= 0.3 is 0 Å². The van der Waals surface area contributed by atoms with Gasteiger partial charge in [0.05, 0.1) is 30.5 Å². The van der Waals surface area contributed by atoms with Gasteiger partial charge < -0.3 is 14.5 Å². The van der Waals surface area contributed by atoms with Gasteiger partial charge in [-0.2, -0.15) is 0 Å². The average Bonchev–Trinajstić information content (AvgIpc) is 3.06. The number of morpholine rings is 1. The zero-order chi connectivity index (χ0) is 15.6. The molecule has 7 heteroatoms. The predicted octanol–water partition coefficient (Wildman–Crippen LogP) is 0.601. The fourth-order valence-electron chi connectivity index (χ4n) is 3.25. The van der Waals surface area contributed by atoms with Crippen molar-refractivity contribution in [2.24, 2.45) is 0 Å². The number of aromatic nitrogens is 3. The van der Waals surface area contributed by atoms with Gasteiger partial charge in [0.2, 0.25) is 0 Å². The van der Waals surface area contributed by atoms with Gasteiger partial charge in [-0.05, 0) is 12.1 Å². The van der Waals surface area contributed by atoms with E-state index in [4.69, 9.17) is 4.74 Å². The molecule has 0 aromatic carbocycles. The first-order valence-electron chi connectivity index (χ1n) is 7.66. The van der Waals surface area contributed by atoms with Crippen LogP contribution in [-0.2, 0) is 4.74 Å². The van der Waals surface area contributed by atoms with Crippen LogP contribution in [-0.4, -0.2) is 64.1 Å². The molecule has 7 nitrogen and oxygen atoms in total. The first-order chi connectivity index (χ1) is 11.3. The van der Waals surface area contributed by atoms with Crippen LogP contribution in [0, 0.1) is 0 Å². The summed E-state index contributed by atoms with van der Waals surface area (Å²) in [6.45, 7) is 2.60. The Hall–Kier alpha value is -2.54. The van der Waals surface area contributed by atoms with Crippen LogP contribution >= 0.6 is 0 Å². The maximum atomic E-state index is 12.6. The molecule has 2 aliphatic rings. The molecule has 1 amide bonds. The van der Waals surface area contributed by atoms with E-state index in [1.54, 1.807) is 43.1 Å². The summed E-state index contributed by atoms with van der Waals surface area (Å²) >= 11 is 0. The Morgan fingerprint density at radius 1 is 1.17 bits per heavy atom. The number of fused-ring (bicyclic) bond motifs is 1. The molecule has 2 fully saturated rings. The van der Waals surface area contributed by atoms with E-state index in [0.717, 1.165) is 12.4 Å². The van der Waals surface area contributed by atoms with Crippen molar-refractivity contribution in [3.63, 3.8) is 0 Å². The van der Waals surface area contributed by atoms with Gasteiger partial charge in [-0.15, -0.1) is 0 Å². The fourth-order valence-corrected chi connectivity index (χ4v) is 3.25. The number of hydrogen-bond donors (Lipinski definition) is 0. The van der Waals surface area contributed by atoms with Crippen molar-refractivity contribution in [2.75, 3.05) is 31.1 Å². The smallest absolute Gasteiger partial charge is 0.255 e. The molecule has 118 valence electrons. The minimum atomic E-state index is -0.00445. The summed E-state index contributed by atoms with van der Waals surface area (Å²) in [5.41, 5.74) is 0.609. The summed E-state index contributed by atoms with van der Waals surface area (Å²) in [5.74, 6) is 0.830. The van der Waals surface area contributed by atoms with E-state index in [9.17, 15) is 4.79 Å². The van der Waals surface area contributed by atoms with Gasteiger partial charge in [-0.1, -0.05) is 0 Å². The number of amides is 1. The molecule has 4 rings (SSSR count). The Balaban J connectivity index is 1.54. The molecule has 0 N–H and O–H groups in total. The highest BCUT2D eigenvalue weighted by Crippen LogP contribution is 2.27. The van der Waals surface area contributed by atoms with Crippen molar-refractivity contribution >= 4 is 11.7 Å². The number of anilines is 1. The Morgan fingerprint density at radius 3 is 2.87 bits per heavy atom. The van der Waals surface area contributed by atoms with Crippen LogP contribution in [0.4, 0.5) is 5.82 Å². The Labute approximate surface area is 133 Å². The Kier molecular flexibility index (Phi) is 3.63. The maximum absolute atomic E-state index is 12.6. The first-order valence-corrected chi connectivity index (χ1v) is 7.66. The van der Waals surface area contributed by atoms with Crippen molar-refractivity contribution in [1.82, 2.24) is 19.9 Å². The van der Waals surface area contributed by atoms with E-state index in [-0.39, 0.29) is 18.1 Å². The zero-order valence-electron chi connectivity index (χ0n) is 12.6. The Morgan fingerprint density at radius 2 is 2.09 bits per heavy atom. The third-order valence-electron chi connectivity index (χ3n) is 4.34. The Bertz CT molecular complexity index is 681. The lowest BCUT2D eigenvalue weighted by molar-refractivity contribution is 0.0299. The SMILES string of the molecule is O=C(c1cccnc1)N1C[C@@H]2OCCN(c3cnccn3)[C@@H]2C1. The molecule has 23 heavy (non-hydrogen) atoms. The van der Waals surface area contributed by atoms with E-state index in [1.807, 2.05) is 4.90 Å². The monoisotopic (exact) mass is 311 g/mol. The normalized spacial score (nSPS) is 23.7. The summed E-state index contributed by atoms with van der Waals surface area (Å²) in [4.78, 5) is 29.2. The van der Waals surface area contributed by atoms with Crippen molar-refractivity contribution in [1.29, 1.82) is 0 Å². The van der Waals surface area contributed by atoms with Gasteiger partial charge in [-0.3, -0.25) is 14.8 Å². The molecule has 2 atom stereocenters. The van der Waals surface area contributed by atoms with Crippen molar-refractivity contribution in [3.8, 4) is 0 Å². The molecule has 2 aromatic rings. The minimum absolute atomic E-state index is 0.00445. The number of carbonyl (C=O) groups is 1. The van der Waals surface area contributed by atoms with Crippen molar-refractivity contribution in [2.45, 2.75) is 12.1 Å². The van der Waals surface area contributed by atoms with E-state index in [2.05, 4.69) is 19.9 Å². The van der Waals surface area contributed by atoms with Crippen LogP contribution in [0.1, 0.15) is 10.4 Å². The third-order valence-corrected chi connectivity index (χ3v) is 4.34. The fraction of sp³-hybridized carbons (Fsp3) is 0.375. The predicted molar refractivity (Wildman–Crippen MR) is 83.0 cm³/mol. The third kappa shape index (κ3) is 2.63. The van der Waals surface area contributed by atoms with E-state index in [0.29, 0.717) is 25.3 Å². The summed E-state index contributed by atoms with van der Waals surface area (Å²) in [6, 6.07) is 3.68. The standard InChI is InChI=1S/C16H17N5O2/c22-16(12-2-1-3-17-8-12)20-10-13-14(11-20)23-7-6-21(13)15-9-18-4-5-19-15/h1-5,8-9,13-14H,6-7,10-11H2/t13-,14+/m1/s1.